The lowest BCUT2D eigenvalue weighted by Crippen LogP contribution is -2.50. The Bertz CT molecular complexity index is 497. The molecule has 2 amide bonds. The zero-order valence-corrected chi connectivity index (χ0v) is 21.7. The maximum atomic E-state index is 12.4. The van der Waals surface area contributed by atoms with Gasteiger partial charge in [-0.1, -0.05) is 20.3 Å². The van der Waals surface area contributed by atoms with Gasteiger partial charge in [0.2, 0.25) is 11.8 Å². The molecule has 0 unspecified atom stereocenters. The molecule has 29 heavy (non-hydrogen) atoms. The highest BCUT2D eigenvalue weighted by molar-refractivity contribution is 14.0. The Kier molecular flexibility index (Phi) is 16.6. The number of guanidine groups is 1. The molecule has 0 aromatic heterocycles. The molecule has 0 radical (unpaired) electrons. The molecule has 1 fully saturated rings. The van der Waals surface area contributed by atoms with E-state index in [4.69, 9.17) is 0 Å². The summed E-state index contributed by atoms with van der Waals surface area (Å²) in [6, 6.07) is 0. The molecule has 0 spiro atoms. The van der Waals surface area contributed by atoms with Crippen molar-refractivity contribution in [3.05, 3.63) is 0 Å². The number of amides is 2. The summed E-state index contributed by atoms with van der Waals surface area (Å²) < 4.78 is 0. The summed E-state index contributed by atoms with van der Waals surface area (Å²) >= 11 is 1.81. The molecule has 1 aliphatic rings. The first kappa shape index (κ1) is 28.3. The van der Waals surface area contributed by atoms with E-state index >= 15 is 0 Å². The van der Waals surface area contributed by atoms with Crippen LogP contribution in [0.2, 0.25) is 0 Å². The van der Waals surface area contributed by atoms with Crippen molar-refractivity contribution in [1.29, 1.82) is 0 Å². The Labute approximate surface area is 198 Å². The Morgan fingerprint density at radius 3 is 2.10 bits per heavy atom. The molecule has 0 bridgehead atoms. The number of nitrogens with zero attached hydrogens (tertiary/aromatic N) is 3. The molecule has 7 nitrogen and oxygen atoms in total. The van der Waals surface area contributed by atoms with Gasteiger partial charge in [-0.25, -0.2) is 0 Å². The Balaban J connectivity index is 0.00000784. The molecule has 0 aromatic rings. The van der Waals surface area contributed by atoms with Crippen molar-refractivity contribution in [2.45, 2.75) is 46.0 Å². The minimum Gasteiger partial charge on any atom is -0.356 e. The summed E-state index contributed by atoms with van der Waals surface area (Å²) in [4.78, 5) is 32.5. The number of nitrogens with one attached hydrogen (secondary N) is 2. The van der Waals surface area contributed by atoms with Crippen molar-refractivity contribution in [2.24, 2.45) is 10.9 Å². The molecule has 0 aliphatic carbocycles. The standard InChI is InChI=1S/C20H39N5O2S.HI/c1-17(2)16-19(27)25-13-11-24(12-14-25)18(26)8-6-5-7-9-22-20(21-3)23-10-15-28-4;/h17H,5-16H2,1-4H3,(H2,21,22,23);1H. The number of halogens is 1. The summed E-state index contributed by atoms with van der Waals surface area (Å²) in [5.74, 6) is 2.72. The SMILES string of the molecule is CN=C(NCCCCCC(=O)N1CCN(C(=O)CC(C)C)CC1)NCCSC.I. The number of carbonyl (C=O) groups excluding carboxylic acids is 2. The second-order valence-corrected chi connectivity index (χ2v) is 8.57. The van der Waals surface area contributed by atoms with Gasteiger partial charge in [-0.2, -0.15) is 11.8 Å². The van der Waals surface area contributed by atoms with Crippen LogP contribution < -0.4 is 10.6 Å². The van der Waals surface area contributed by atoms with Gasteiger partial charge in [0.05, 0.1) is 0 Å². The van der Waals surface area contributed by atoms with E-state index < -0.39 is 0 Å². The molecular weight excluding hydrogens is 501 g/mol. The largest absolute Gasteiger partial charge is 0.356 e. The maximum Gasteiger partial charge on any atom is 0.222 e. The van der Waals surface area contributed by atoms with Crippen LogP contribution in [0.25, 0.3) is 0 Å². The molecular formula is C20H40IN5O2S. The monoisotopic (exact) mass is 541 g/mol. The van der Waals surface area contributed by atoms with E-state index in [1.165, 1.54) is 0 Å². The van der Waals surface area contributed by atoms with Crippen LogP contribution in [-0.4, -0.2) is 85.9 Å². The molecule has 170 valence electrons. The van der Waals surface area contributed by atoms with Crippen LogP contribution in [0.1, 0.15) is 46.0 Å². The smallest absolute Gasteiger partial charge is 0.222 e. The fraction of sp³-hybridized carbons (Fsp3) is 0.850. The van der Waals surface area contributed by atoms with Crippen LogP contribution in [0.15, 0.2) is 4.99 Å². The summed E-state index contributed by atoms with van der Waals surface area (Å²) in [5, 5.41) is 6.58. The summed E-state index contributed by atoms with van der Waals surface area (Å²) in [6.07, 6.45) is 6.23. The van der Waals surface area contributed by atoms with Crippen LogP contribution in [0, 0.1) is 5.92 Å². The summed E-state index contributed by atoms with van der Waals surface area (Å²) in [5.41, 5.74) is 0. The third-order valence-electron chi connectivity index (χ3n) is 4.75. The number of hydrogen-bond acceptors (Lipinski definition) is 4. The van der Waals surface area contributed by atoms with E-state index in [-0.39, 0.29) is 35.8 Å². The zero-order valence-electron chi connectivity index (χ0n) is 18.5. The van der Waals surface area contributed by atoms with Gasteiger partial charge in [0, 0.05) is 64.9 Å². The number of thioether (sulfide) groups is 1. The van der Waals surface area contributed by atoms with Gasteiger partial charge < -0.3 is 20.4 Å². The minimum absolute atomic E-state index is 0. The van der Waals surface area contributed by atoms with Crippen molar-refractivity contribution in [3.8, 4) is 0 Å². The highest BCUT2D eigenvalue weighted by Crippen LogP contribution is 2.10. The normalized spacial score (nSPS) is 14.6. The lowest BCUT2D eigenvalue weighted by atomic mass is 10.1. The number of piperazine rings is 1. The van der Waals surface area contributed by atoms with Gasteiger partial charge in [-0.05, 0) is 25.0 Å². The quantitative estimate of drug-likeness (QED) is 0.182. The Hall–Kier alpha value is -0.710. The predicted molar refractivity (Wildman–Crippen MR) is 134 cm³/mol. The topological polar surface area (TPSA) is 77.0 Å². The number of unbranched alkanes of at least 4 members (excludes halogenated alkanes) is 2. The third-order valence-corrected chi connectivity index (χ3v) is 5.36. The molecule has 9 heteroatoms. The van der Waals surface area contributed by atoms with E-state index in [0.717, 1.165) is 44.1 Å². The molecule has 1 heterocycles. The fourth-order valence-electron chi connectivity index (χ4n) is 3.12. The molecule has 2 N–H and O–H groups in total. The van der Waals surface area contributed by atoms with Gasteiger partial charge in [-0.3, -0.25) is 14.6 Å². The van der Waals surface area contributed by atoms with Gasteiger partial charge >= 0.3 is 0 Å². The number of rotatable bonds is 11. The average Bonchev–Trinajstić information content (AvgIpc) is 2.68. The van der Waals surface area contributed by atoms with Crippen molar-refractivity contribution in [3.63, 3.8) is 0 Å². The first-order valence-electron chi connectivity index (χ1n) is 10.5. The van der Waals surface area contributed by atoms with Gasteiger partial charge in [0.25, 0.3) is 0 Å². The highest BCUT2D eigenvalue weighted by Gasteiger charge is 2.23. The van der Waals surface area contributed by atoms with Crippen LogP contribution >= 0.6 is 35.7 Å². The molecule has 1 rings (SSSR count). The van der Waals surface area contributed by atoms with E-state index in [9.17, 15) is 9.59 Å². The van der Waals surface area contributed by atoms with Gasteiger partial charge in [-0.15, -0.1) is 24.0 Å². The van der Waals surface area contributed by atoms with Crippen molar-refractivity contribution in [1.82, 2.24) is 20.4 Å². The first-order valence-corrected chi connectivity index (χ1v) is 11.9. The predicted octanol–water partition coefficient (Wildman–Crippen LogP) is 2.41. The molecule has 1 aliphatic heterocycles. The highest BCUT2D eigenvalue weighted by atomic mass is 127. The van der Waals surface area contributed by atoms with Gasteiger partial charge in [0.1, 0.15) is 0 Å². The second kappa shape index (κ2) is 17.0. The molecule has 1 saturated heterocycles. The summed E-state index contributed by atoms with van der Waals surface area (Å²) in [6.45, 7) is 8.57. The lowest BCUT2D eigenvalue weighted by molar-refractivity contribution is -0.140. The fourth-order valence-corrected chi connectivity index (χ4v) is 3.42. The van der Waals surface area contributed by atoms with E-state index in [1.54, 1.807) is 18.8 Å². The summed E-state index contributed by atoms with van der Waals surface area (Å²) in [7, 11) is 1.78. The van der Waals surface area contributed by atoms with Gasteiger partial charge in [0.15, 0.2) is 5.96 Å². The minimum atomic E-state index is 0. The van der Waals surface area contributed by atoms with Crippen molar-refractivity contribution >= 4 is 53.5 Å². The second-order valence-electron chi connectivity index (χ2n) is 7.59. The van der Waals surface area contributed by atoms with Crippen LogP contribution in [0.3, 0.4) is 0 Å². The maximum absolute atomic E-state index is 12.4. The van der Waals surface area contributed by atoms with E-state index in [0.29, 0.717) is 44.9 Å². The van der Waals surface area contributed by atoms with Crippen molar-refractivity contribution in [2.75, 3.05) is 58.3 Å². The van der Waals surface area contributed by atoms with E-state index in [1.807, 2.05) is 9.80 Å². The molecule has 0 saturated carbocycles. The number of carbonyl (C=O) groups is 2. The lowest BCUT2D eigenvalue weighted by Gasteiger charge is -2.35. The zero-order chi connectivity index (χ0) is 20.8. The molecule has 0 aromatic carbocycles. The van der Waals surface area contributed by atoms with Crippen molar-refractivity contribution < 1.29 is 9.59 Å². The van der Waals surface area contributed by atoms with Crippen LogP contribution in [0.5, 0.6) is 0 Å². The van der Waals surface area contributed by atoms with Crippen LogP contribution in [-0.2, 0) is 9.59 Å². The molecule has 0 atom stereocenters. The Morgan fingerprint density at radius 2 is 1.55 bits per heavy atom. The van der Waals surface area contributed by atoms with Crippen LogP contribution in [0.4, 0.5) is 0 Å². The average molecular weight is 542 g/mol. The number of hydrogen-bond donors (Lipinski definition) is 2. The first-order chi connectivity index (χ1) is 13.5. The Morgan fingerprint density at radius 1 is 0.966 bits per heavy atom. The van der Waals surface area contributed by atoms with E-state index in [2.05, 4.69) is 35.7 Å². The number of aliphatic imine (C=N–C) groups is 1. The third kappa shape index (κ3) is 12.6.